The number of amides is 2. The van der Waals surface area contributed by atoms with Crippen molar-refractivity contribution in [2.75, 3.05) is 11.9 Å². The molecule has 0 bridgehead atoms. The number of aliphatic hydroxyl groups excluding tert-OH is 1. The van der Waals surface area contributed by atoms with E-state index in [0.29, 0.717) is 25.1 Å². The quantitative estimate of drug-likeness (QED) is 0.145. The number of rotatable bonds is 11. The molecule has 0 spiro atoms. The van der Waals surface area contributed by atoms with E-state index in [9.17, 15) is 14.7 Å². The number of anilines is 1. The van der Waals surface area contributed by atoms with Crippen molar-refractivity contribution in [3.63, 3.8) is 0 Å². The van der Waals surface area contributed by atoms with Gasteiger partial charge in [0, 0.05) is 12.2 Å². The van der Waals surface area contributed by atoms with Crippen LogP contribution >= 0.6 is 12.4 Å². The molecule has 2 amide bonds. The maximum atomic E-state index is 13.5. The van der Waals surface area contributed by atoms with Crippen LogP contribution in [0.15, 0.2) is 89.9 Å². The number of aliphatic imine (C=N–C) groups is 1. The Morgan fingerprint density at radius 3 is 1.86 bits per heavy atom. The van der Waals surface area contributed by atoms with Gasteiger partial charge in [-0.3, -0.25) is 14.6 Å². The number of nitrogens with one attached hydrogen (secondary N) is 2. The normalized spacial score (nSPS) is 10.9. The van der Waals surface area contributed by atoms with Crippen molar-refractivity contribution in [1.82, 2.24) is 5.32 Å². The predicted molar refractivity (Wildman–Crippen MR) is 148 cm³/mol. The van der Waals surface area contributed by atoms with Gasteiger partial charge in [-0.15, -0.1) is 12.4 Å². The van der Waals surface area contributed by atoms with Crippen LogP contribution in [0.25, 0.3) is 0 Å². The van der Waals surface area contributed by atoms with Crippen molar-refractivity contribution in [2.24, 2.45) is 16.5 Å². The van der Waals surface area contributed by atoms with E-state index in [1.54, 1.807) is 24.3 Å². The number of hydrogen-bond donors (Lipinski definition) is 5. The topological polar surface area (TPSA) is 174 Å². The molecule has 0 saturated heterocycles. The van der Waals surface area contributed by atoms with Crippen molar-refractivity contribution in [1.29, 1.82) is 0 Å². The Hall–Kier alpha value is -3.92. The molecule has 198 valence electrons. The minimum absolute atomic E-state index is 0. The van der Waals surface area contributed by atoms with Crippen molar-refractivity contribution in [3.8, 4) is 0 Å². The molecule has 9 nitrogen and oxygen atoms in total. The lowest BCUT2D eigenvalue weighted by Gasteiger charge is -2.23. The molecule has 3 rings (SSSR count). The highest BCUT2D eigenvalue weighted by Gasteiger charge is 2.27. The molecule has 0 heterocycles. The number of benzene rings is 3. The van der Waals surface area contributed by atoms with E-state index in [4.69, 9.17) is 11.5 Å². The highest BCUT2D eigenvalue weighted by atomic mass is 35.5. The highest BCUT2D eigenvalue weighted by molar-refractivity contribution is 5.98. The van der Waals surface area contributed by atoms with Crippen LogP contribution in [-0.2, 0) is 16.2 Å². The molecule has 0 aromatic heterocycles. The number of carbonyl (C=O) groups excluding carboxylic acids is 2. The zero-order valence-corrected chi connectivity index (χ0v) is 21.2. The Bertz CT molecular complexity index is 1090. The van der Waals surface area contributed by atoms with Gasteiger partial charge in [-0.25, -0.2) is 0 Å². The summed E-state index contributed by atoms with van der Waals surface area (Å²) >= 11 is 0. The maximum absolute atomic E-state index is 13.5. The first-order valence-electron chi connectivity index (χ1n) is 11.4. The molecule has 3 aromatic rings. The van der Waals surface area contributed by atoms with Crippen LogP contribution in [0.3, 0.4) is 0 Å². The van der Waals surface area contributed by atoms with E-state index in [1.807, 2.05) is 60.7 Å². The third-order valence-electron chi connectivity index (χ3n) is 5.51. The number of carbonyl (C=O) groups is 2. The molecular weight excluding hydrogens is 494 g/mol. The fourth-order valence-corrected chi connectivity index (χ4v) is 3.74. The van der Waals surface area contributed by atoms with E-state index in [1.165, 1.54) is 0 Å². The van der Waals surface area contributed by atoms with Crippen LogP contribution in [0.2, 0.25) is 0 Å². The summed E-state index contributed by atoms with van der Waals surface area (Å²) < 4.78 is 0. The van der Waals surface area contributed by atoms with E-state index in [0.717, 1.165) is 16.7 Å². The first kappa shape index (κ1) is 31.1. The largest absolute Gasteiger partial charge is 0.412 e. The monoisotopic (exact) mass is 527 g/mol. The molecule has 0 unspecified atom stereocenters. The molecule has 0 fully saturated rings. The minimum Gasteiger partial charge on any atom is -0.412 e. The second-order valence-corrected chi connectivity index (χ2v) is 8.11. The summed E-state index contributed by atoms with van der Waals surface area (Å²) in [5.41, 5.74) is 13.8. The molecular formula is C27H34ClN5O4. The summed E-state index contributed by atoms with van der Waals surface area (Å²) in [4.78, 5) is 30.7. The third-order valence-corrected chi connectivity index (χ3v) is 5.51. The number of guanidine groups is 1. The Morgan fingerprint density at radius 2 is 1.38 bits per heavy atom. The average Bonchev–Trinajstić information content (AvgIpc) is 2.87. The van der Waals surface area contributed by atoms with Crippen molar-refractivity contribution in [3.05, 3.63) is 102 Å². The second-order valence-electron chi connectivity index (χ2n) is 8.11. The summed E-state index contributed by atoms with van der Waals surface area (Å²) in [5.74, 6) is -1.22. The zero-order chi connectivity index (χ0) is 25.0. The first-order valence-corrected chi connectivity index (χ1v) is 11.4. The standard InChI is InChI=1S/C27H31N5O3.ClH.H2O/c28-27(29)30-17-7-12-23(25(34)31-22-15-13-19(18-33)14-16-22)32-26(35)24(20-8-3-1-4-9-20)21-10-5-2-6-11-21;;/h1-6,8-11,13-16,23-24,33H,7,12,17-18H2,(H,31,34)(H,32,35)(H4,28,29,30);1H;1H2/t23-;;/m1../s1. The molecule has 0 saturated carbocycles. The lowest BCUT2D eigenvalue weighted by Crippen LogP contribution is -2.45. The van der Waals surface area contributed by atoms with Crippen LogP contribution in [-0.4, -0.2) is 40.9 Å². The van der Waals surface area contributed by atoms with E-state index in [-0.39, 0.29) is 42.3 Å². The molecule has 10 heteroatoms. The molecule has 0 radical (unpaired) electrons. The Morgan fingerprint density at radius 1 is 0.838 bits per heavy atom. The van der Waals surface area contributed by atoms with Gasteiger partial charge in [0.25, 0.3) is 0 Å². The maximum Gasteiger partial charge on any atom is 0.246 e. The van der Waals surface area contributed by atoms with E-state index in [2.05, 4.69) is 15.6 Å². The van der Waals surface area contributed by atoms with Crippen LogP contribution in [0.5, 0.6) is 0 Å². The van der Waals surface area contributed by atoms with Crippen LogP contribution in [0.1, 0.15) is 35.4 Å². The predicted octanol–water partition coefficient (Wildman–Crippen LogP) is 2.08. The molecule has 0 aliphatic carbocycles. The van der Waals surface area contributed by atoms with Crippen LogP contribution < -0.4 is 22.1 Å². The summed E-state index contributed by atoms with van der Waals surface area (Å²) in [6.45, 7) is 0.256. The van der Waals surface area contributed by atoms with E-state index < -0.39 is 12.0 Å². The third kappa shape index (κ3) is 9.57. The average molecular weight is 528 g/mol. The van der Waals surface area contributed by atoms with Gasteiger partial charge < -0.3 is 32.7 Å². The van der Waals surface area contributed by atoms with Crippen LogP contribution in [0, 0.1) is 0 Å². The smallest absolute Gasteiger partial charge is 0.246 e. The molecule has 9 N–H and O–H groups in total. The number of hydrogen-bond acceptors (Lipinski definition) is 4. The van der Waals surface area contributed by atoms with Crippen molar-refractivity contribution in [2.45, 2.75) is 31.4 Å². The van der Waals surface area contributed by atoms with E-state index >= 15 is 0 Å². The lowest BCUT2D eigenvalue weighted by atomic mass is 9.90. The number of nitrogens with zero attached hydrogens (tertiary/aromatic N) is 1. The second kappa shape index (κ2) is 15.9. The Balaban J connectivity index is 0.00000342. The highest BCUT2D eigenvalue weighted by Crippen LogP contribution is 2.25. The van der Waals surface area contributed by atoms with Crippen molar-refractivity contribution >= 4 is 35.9 Å². The zero-order valence-electron chi connectivity index (χ0n) is 20.3. The van der Waals surface area contributed by atoms with Gasteiger partial charge in [0.05, 0.1) is 12.5 Å². The summed E-state index contributed by atoms with van der Waals surface area (Å²) in [7, 11) is 0. The fourth-order valence-electron chi connectivity index (χ4n) is 3.74. The van der Waals surface area contributed by atoms with Gasteiger partial charge in [0.15, 0.2) is 5.96 Å². The van der Waals surface area contributed by atoms with Gasteiger partial charge in [-0.1, -0.05) is 72.8 Å². The van der Waals surface area contributed by atoms with Crippen molar-refractivity contribution < 1.29 is 20.2 Å². The van der Waals surface area contributed by atoms with Gasteiger partial charge in [-0.2, -0.15) is 0 Å². The summed E-state index contributed by atoms with van der Waals surface area (Å²) in [6.07, 6.45) is 0.848. The van der Waals surface area contributed by atoms with Gasteiger partial charge >= 0.3 is 0 Å². The Labute approximate surface area is 222 Å². The molecule has 0 aliphatic rings. The number of halogens is 1. The molecule has 3 aromatic carbocycles. The summed E-state index contributed by atoms with van der Waals surface area (Å²) in [5, 5.41) is 15.0. The molecule has 1 atom stereocenters. The molecule has 0 aliphatic heterocycles. The van der Waals surface area contributed by atoms with Gasteiger partial charge in [0.1, 0.15) is 6.04 Å². The number of aliphatic hydroxyl groups is 1. The summed E-state index contributed by atoms with van der Waals surface area (Å²) in [6, 6.07) is 25.0. The Kier molecular flexibility index (Phi) is 13.4. The minimum atomic E-state index is -0.802. The first-order chi connectivity index (χ1) is 17.0. The fraction of sp³-hybridized carbons (Fsp3) is 0.222. The SMILES string of the molecule is Cl.NC(N)=NCCC[C@@H](NC(=O)C(c1ccccc1)c1ccccc1)C(=O)Nc1ccc(CO)cc1.O. The van der Waals surface area contributed by atoms with Crippen LogP contribution in [0.4, 0.5) is 5.69 Å². The lowest BCUT2D eigenvalue weighted by molar-refractivity contribution is -0.127. The number of nitrogens with two attached hydrogens (primary N) is 2. The van der Waals surface area contributed by atoms with Gasteiger partial charge in [-0.05, 0) is 41.7 Å². The molecule has 37 heavy (non-hydrogen) atoms. The van der Waals surface area contributed by atoms with Gasteiger partial charge in [0.2, 0.25) is 11.8 Å².